The molecule has 10 nitrogen and oxygen atoms in total. The van der Waals surface area contributed by atoms with Crippen molar-refractivity contribution in [2.45, 2.75) is 32.2 Å². The number of ether oxygens (including phenoxy) is 1. The molecular weight excluding hydrogens is 398 g/mol. The summed E-state index contributed by atoms with van der Waals surface area (Å²) in [6.07, 6.45) is 2.83. The van der Waals surface area contributed by atoms with Crippen LogP contribution in [0.3, 0.4) is 0 Å². The zero-order valence-electron chi connectivity index (χ0n) is 19.5. The number of hydrogen-bond donors (Lipinski definition) is 3. The van der Waals surface area contributed by atoms with Crippen molar-refractivity contribution in [3.8, 4) is 0 Å². The van der Waals surface area contributed by atoms with Crippen molar-refractivity contribution in [2.75, 3.05) is 86.2 Å². The van der Waals surface area contributed by atoms with E-state index in [0.717, 1.165) is 78.3 Å². The minimum Gasteiger partial charge on any atom is -0.379 e. The molecule has 10 heteroatoms. The number of nitrogens with one attached hydrogen (secondary N) is 3. The topological polar surface area (TPSA) is 102 Å². The number of amides is 2. The maximum atomic E-state index is 12.0. The molecule has 3 N–H and O–H groups in total. The van der Waals surface area contributed by atoms with E-state index in [9.17, 15) is 9.59 Å². The van der Waals surface area contributed by atoms with E-state index in [2.05, 4.69) is 37.7 Å². The number of aliphatic imine (C=N–C) groups is 1. The predicted octanol–water partition coefficient (Wildman–Crippen LogP) is -1.07. The van der Waals surface area contributed by atoms with Crippen molar-refractivity contribution in [3.63, 3.8) is 0 Å². The second-order valence-electron chi connectivity index (χ2n) is 8.38. The Bertz CT molecular complexity index is 571. The molecule has 2 aliphatic rings. The van der Waals surface area contributed by atoms with Gasteiger partial charge < -0.3 is 25.6 Å². The quantitative estimate of drug-likeness (QED) is 0.294. The lowest BCUT2D eigenvalue weighted by Crippen LogP contribution is -2.51. The Balaban J connectivity index is 1.79. The molecule has 2 amide bonds. The van der Waals surface area contributed by atoms with Crippen molar-refractivity contribution in [3.05, 3.63) is 0 Å². The Morgan fingerprint density at radius 2 is 1.74 bits per heavy atom. The van der Waals surface area contributed by atoms with Gasteiger partial charge in [-0.05, 0) is 19.3 Å². The van der Waals surface area contributed by atoms with Gasteiger partial charge >= 0.3 is 0 Å². The zero-order valence-corrected chi connectivity index (χ0v) is 19.5. The molecule has 2 fully saturated rings. The lowest BCUT2D eigenvalue weighted by Gasteiger charge is -2.33. The first-order valence-corrected chi connectivity index (χ1v) is 11.5. The Labute approximate surface area is 186 Å². The standard InChI is InChI=1S/C21H41N7O3/c1-4-7-22-19(29)17-28-9-5-18(6-10-28)25-21(24-16-20(30)26(2)3)23-8-11-27-12-14-31-15-13-27/h18H,4-17H2,1-3H3,(H,22,29)(H2,23,24,25). The summed E-state index contributed by atoms with van der Waals surface area (Å²) in [7, 11) is 3.48. The van der Waals surface area contributed by atoms with Crippen molar-refractivity contribution in [1.82, 2.24) is 30.7 Å². The molecule has 0 aromatic rings. The van der Waals surface area contributed by atoms with Crippen LogP contribution in [0.1, 0.15) is 26.2 Å². The van der Waals surface area contributed by atoms with Gasteiger partial charge in [0.25, 0.3) is 0 Å². The highest BCUT2D eigenvalue weighted by atomic mass is 16.5. The van der Waals surface area contributed by atoms with Gasteiger partial charge in [-0.1, -0.05) is 6.92 Å². The van der Waals surface area contributed by atoms with Crippen LogP contribution in [0.15, 0.2) is 4.99 Å². The smallest absolute Gasteiger partial charge is 0.243 e. The number of hydrogen-bond acceptors (Lipinski definition) is 6. The number of morpholine rings is 1. The fraction of sp³-hybridized carbons (Fsp3) is 0.857. The Hall–Kier alpha value is -1.91. The van der Waals surface area contributed by atoms with Crippen LogP contribution in [0, 0.1) is 0 Å². The molecule has 0 bridgehead atoms. The molecule has 0 aliphatic carbocycles. The van der Waals surface area contributed by atoms with Gasteiger partial charge in [-0.15, -0.1) is 0 Å². The van der Waals surface area contributed by atoms with Gasteiger partial charge in [-0.2, -0.15) is 0 Å². The largest absolute Gasteiger partial charge is 0.379 e. The molecule has 2 heterocycles. The van der Waals surface area contributed by atoms with E-state index in [1.807, 2.05) is 0 Å². The van der Waals surface area contributed by atoms with Gasteiger partial charge in [0.15, 0.2) is 5.96 Å². The number of guanidine groups is 1. The molecule has 0 aromatic carbocycles. The fourth-order valence-electron chi connectivity index (χ4n) is 3.55. The summed E-state index contributed by atoms with van der Waals surface area (Å²) in [5.41, 5.74) is 0. The van der Waals surface area contributed by atoms with Crippen molar-refractivity contribution < 1.29 is 14.3 Å². The highest BCUT2D eigenvalue weighted by Crippen LogP contribution is 2.10. The average molecular weight is 440 g/mol. The molecule has 2 saturated heterocycles. The van der Waals surface area contributed by atoms with Gasteiger partial charge in [0.05, 0.1) is 19.8 Å². The fourth-order valence-corrected chi connectivity index (χ4v) is 3.55. The minimum absolute atomic E-state index is 0.0257. The SMILES string of the molecule is CCCNC(=O)CN1CCC(NC(=NCC(=O)N(C)C)NCCN2CCOCC2)CC1. The summed E-state index contributed by atoms with van der Waals surface area (Å²) in [6, 6.07) is 0.277. The third kappa shape index (κ3) is 10.3. The molecule has 178 valence electrons. The second kappa shape index (κ2) is 14.2. The monoisotopic (exact) mass is 439 g/mol. The first-order valence-electron chi connectivity index (χ1n) is 11.5. The predicted molar refractivity (Wildman–Crippen MR) is 122 cm³/mol. The summed E-state index contributed by atoms with van der Waals surface area (Å²) in [5, 5.41) is 9.81. The number of likely N-dealkylation sites (tertiary alicyclic amines) is 1. The van der Waals surface area contributed by atoms with Crippen LogP contribution in [-0.2, 0) is 14.3 Å². The van der Waals surface area contributed by atoms with Gasteiger partial charge in [0, 0.05) is 66.0 Å². The molecule has 0 spiro atoms. The Morgan fingerprint density at radius 1 is 1.03 bits per heavy atom. The summed E-state index contributed by atoms with van der Waals surface area (Å²) < 4.78 is 5.40. The van der Waals surface area contributed by atoms with Crippen molar-refractivity contribution in [2.24, 2.45) is 4.99 Å². The Morgan fingerprint density at radius 3 is 2.39 bits per heavy atom. The van der Waals surface area contributed by atoms with E-state index in [1.54, 1.807) is 19.0 Å². The molecule has 2 aliphatic heterocycles. The first kappa shape index (κ1) is 25.4. The molecular formula is C21H41N7O3. The minimum atomic E-state index is -0.0257. The highest BCUT2D eigenvalue weighted by Gasteiger charge is 2.22. The first-order chi connectivity index (χ1) is 15.0. The number of nitrogens with zero attached hydrogens (tertiary/aromatic N) is 4. The van der Waals surface area contributed by atoms with E-state index in [1.165, 1.54) is 0 Å². The molecule has 0 radical (unpaired) electrons. The second-order valence-corrected chi connectivity index (χ2v) is 8.38. The molecule has 0 unspecified atom stereocenters. The average Bonchev–Trinajstić information content (AvgIpc) is 2.77. The van der Waals surface area contributed by atoms with Crippen LogP contribution >= 0.6 is 0 Å². The van der Waals surface area contributed by atoms with Crippen molar-refractivity contribution in [1.29, 1.82) is 0 Å². The van der Waals surface area contributed by atoms with Gasteiger partial charge in [0.1, 0.15) is 6.54 Å². The number of rotatable bonds is 10. The van der Waals surface area contributed by atoms with E-state index in [0.29, 0.717) is 12.5 Å². The van der Waals surface area contributed by atoms with Crippen molar-refractivity contribution >= 4 is 17.8 Å². The van der Waals surface area contributed by atoms with Gasteiger partial charge in [0.2, 0.25) is 11.8 Å². The van der Waals surface area contributed by atoms with Crippen LogP contribution in [-0.4, -0.2) is 125 Å². The molecule has 0 aromatic heterocycles. The zero-order chi connectivity index (χ0) is 22.5. The van der Waals surface area contributed by atoms with E-state index in [4.69, 9.17) is 4.74 Å². The van der Waals surface area contributed by atoms with Crippen LogP contribution in [0.25, 0.3) is 0 Å². The lowest BCUT2D eigenvalue weighted by atomic mass is 10.1. The normalized spacial score (nSPS) is 19.1. The number of likely N-dealkylation sites (N-methyl/N-ethyl adjacent to an activating group) is 1. The summed E-state index contributed by atoms with van der Waals surface area (Å²) in [6.45, 7) is 10.3. The van der Waals surface area contributed by atoms with Crippen LogP contribution in [0.4, 0.5) is 0 Å². The third-order valence-electron chi connectivity index (χ3n) is 5.56. The van der Waals surface area contributed by atoms with Gasteiger partial charge in [-0.3, -0.25) is 19.4 Å². The molecule has 31 heavy (non-hydrogen) atoms. The third-order valence-corrected chi connectivity index (χ3v) is 5.56. The molecule has 0 saturated carbocycles. The lowest BCUT2D eigenvalue weighted by molar-refractivity contribution is -0.127. The van der Waals surface area contributed by atoms with E-state index >= 15 is 0 Å². The molecule has 0 atom stereocenters. The molecule has 2 rings (SSSR count). The maximum Gasteiger partial charge on any atom is 0.243 e. The Kier molecular flexibility index (Phi) is 11.6. The number of carbonyl (C=O) groups excluding carboxylic acids is 2. The maximum absolute atomic E-state index is 12.0. The van der Waals surface area contributed by atoms with Gasteiger partial charge in [-0.25, -0.2) is 4.99 Å². The van der Waals surface area contributed by atoms with Crippen LogP contribution in [0.2, 0.25) is 0 Å². The van der Waals surface area contributed by atoms with Crippen LogP contribution in [0.5, 0.6) is 0 Å². The summed E-state index contributed by atoms with van der Waals surface area (Å²) in [5.74, 6) is 0.757. The number of piperidine rings is 1. The summed E-state index contributed by atoms with van der Waals surface area (Å²) >= 11 is 0. The summed E-state index contributed by atoms with van der Waals surface area (Å²) in [4.78, 5) is 34.5. The highest BCUT2D eigenvalue weighted by molar-refractivity contribution is 5.85. The number of carbonyl (C=O) groups is 2. The van der Waals surface area contributed by atoms with E-state index in [-0.39, 0.29) is 24.4 Å². The van der Waals surface area contributed by atoms with E-state index < -0.39 is 0 Å². The van der Waals surface area contributed by atoms with Crippen LogP contribution < -0.4 is 16.0 Å².